The minimum atomic E-state index is 0.152. The van der Waals surface area contributed by atoms with Gasteiger partial charge in [-0.15, -0.1) is 0 Å². The van der Waals surface area contributed by atoms with E-state index in [2.05, 4.69) is 35.6 Å². The lowest BCUT2D eigenvalue weighted by atomic mass is 9.88. The third-order valence-electron chi connectivity index (χ3n) is 3.03. The number of fused-ring (bicyclic) bond motifs is 1. The Morgan fingerprint density at radius 2 is 2.29 bits per heavy atom. The van der Waals surface area contributed by atoms with Gasteiger partial charge < -0.3 is 4.57 Å². The molecule has 1 atom stereocenters. The standard InChI is InChI=1S/C11H14INO/c1-7-3-4-10-8(5-7)6-9(12)11(14)13(10)2/h6-7H,3-5H2,1-2H3. The lowest BCUT2D eigenvalue weighted by molar-refractivity contribution is 0.480. The quantitative estimate of drug-likeness (QED) is 0.673. The zero-order valence-electron chi connectivity index (χ0n) is 8.51. The molecule has 0 spiro atoms. The number of halogens is 1. The van der Waals surface area contributed by atoms with Gasteiger partial charge in [-0.05, 0) is 59.4 Å². The van der Waals surface area contributed by atoms with Crippen molar-refractivity contribution in [3.8, 4) is 0 Å². The van der Waals surface area contributed by atoms with Crippen molar-refractivity contribution >= 4 is 22.6 Å². The van der Waals surface area contributed by atoms with Crippen LogP contribution in [0.2, 0.25) is 0 Å². The van der Waals surface area contributed by atoms with Crippen LogP contribution in [0.5, 0.6) is 0 Å². The van der Waals surface area contributed by atoms with E-state index in [1.807, 2.05) is 11.6 Å². The van der Waals surface area contributed by atoms with Gasteiger partial charge in [-0.1, -0.05) is 6.92 Å². The second kappa shape index (κ2) is 3.68. The summed E-state index contributed by atoms with van der Waals surface area (Å²) in [4.78, 5) is 11.7. The van der Waals surface area contributed by atoms with Crippen molar-refractivity contribution in [2.24, 2.45) is 13.0 Å². The average molecular weight is 303 g/mol. The molecular weight excluding hydrogens is 289 g/mol. The number of hydrogen-bond acceptors (Lipinski definition) is 1. The average Bonchev–Trinajstić information content (AvgIpc) is 2.14. The van der Waals surface area contributed by atoms with Crippen molar-refractivity contribution in [2.45, 2.75) is 26.2 Å². The Hall–Kier alpha value is -0.320. The molecule has 0 radical (unpaired) electrons. The minimum absolute atomic E-state index is 0.152. The second-order valence-corrected chi connectivity index (χ2v) is 5.34. The Morgan fingerprint density at radius 1 is 1.57 bits per heavy atom. The van der Waals surface area contributed by atoms with E-state index in [0.29, 0.717) is 0 Å². The molecule has 3 heteroatoms. The summed E-state index contributed by atoms with van der Waals surface area (Å²) in [6.07, 6.45) is 3.39. The second-order valence-electron chi connectivity index (χ2n) is 4.18. The Kier molecular flexibility index (Phi) is 2.68. The van der Waals surface area contributed by atoms with Crippen molar-refractivity contribution in [3.05, 3.63) is 31.2 Å². The van der Waals surface area contributed by atoms with Crippen molar-refractivity contribution in [2.75, 3.05) is 0 Å². The fraction of sp³-hybridized carbons (Fsp3) is 0.545. The van der Waals surface area contributed by atoms with Gasteiger partial charge in [0, 0.05) is 12.7 Å². The fourth-order valence-electron chi connectivity index (χ4n) is 2.16. The highest BCUT2D eigenvalue weighted by Gasteiger charge is 2.18. The van der Waals surface area contributed by atoms with Gasteiger partial charge in [-0.2, -0.15) is 0 Å². The maximum atomic E-state index is 11.7. The van der Waals surface area contributed by atoms with Crippen molar-refractivity contribution in [1.29, 1.82) is 0 Å². The first-order valence-corrected chi connectivity index (χ1v) is 6.04. The van der Waals surface area contributed by atoms with Crippen molar-refractivity contribution < 1.29 is 0 Å². The number of nitrogens with zero attached hydrogens (tertiary/aromatic N) is 1. The first kappa shape index (κ1) is 10.2. The first-order chi connectivity index (χ1) is 6.59. The zero-order chi connectivity index (χ0) is 10.3. The van der Waals surface area contributed by atoms with Crippen LogP contribution in [-0.2, 0) is 19.9 Å². The van der Waals surface area contributed by atoms with Crippen LogP contribution in [0.3, 0.4) is 0 Å². The summed E-state index contributed by atoms with van der Waals surface area (Å²) >= 11 is 2.13. The first-order valence-electron chi connectivity index (χ1n) is 4.97. The monoisotopic (exact) mass is 303 g/mol. The summed E-state index contributed by atoms with van der Waals surface area (Å²) in [5.74, 6) is 0.760. The molecule has 1 aliphatic rings. The predicted octanol–water partition coefficient (Wildman–Crippen LogP) is 2.11. The summed E-state index contributed by atoms with van der Waals surface area (Å²) in [6.45, 7) is 2.28. The Bertz CT molecular complexity index is 422. The molecule has 1 aromatic rings. The van der Waals surface area contributed by atoms with Gasteiger partial charge in [0.05, 0.1) is 3.57 Å². The minimum Gasteiger partial charge on any atom is -0.315 e. The van der Waals surface area contributed by atoms with E-state index < -0.39 is 0 Å². The third kappa shape index (κ3) is 1.62. The molecule has 0 aliphatic heterocycles. The van der Waals surface area contributed by atoms with Gasteiger partial charge in [0.25, 0.3) is 5.56 Å². The molecular formula is C11H14INO. The zero-order valence-corrected chi connectivity index (χ0v) is 10.7. The Balaban J connectivity index is 2.60. The van der Waals surface area contributed by atoms with Crippen LogP contribution in [0.1, 0.15) is 24.6 Å². The van der Waals surface area contributed by atoms with Crippen LogP contribution in [0.4, 0.5) is 0 Å². The summed E-state index contributed by atoms with van der Waals surface area (Å²) < 4.78 is 2.67. The summed E-state index contributed by atoms with van der Waals surface area (Å²) in [6, 6.07) is 2.06. The lowest BCUT2D eigenvalue weighted by Gasteiger charge is -2.23. The normalized spacial score (nSPS) is 20.6. The van der Waals surface area contributed by atoms with Gasteiger partial charge in [0.2, 0.25) is 0 Å². The highest BCUT2D eigenvalue weighted by atomic mass is 127. The Morgan fingerprint density at radius 3 is 3.00 bits per heavy atom. The molecule has 0 saturated heterocycles. The number of pyridine rings is 1. The van der Waals surface area contributed by atoms with Gasteiger partial charge in [-0.25, -0.2) is 0 Å². The lowest BCUT2D eigenvalue weighted by Crippen LogP contribution is -2.27. The summed E-state index contributed by atoms with van der Waals surface area (Å²) in [5.41, 5.74) is 2.77. The number of aromatic nitrogens is 1. The van der Waals surface area contributed by atoms with Gasteiger partial charge in [0.15, 0.2) is 0 Å². The number of rotatable bonds is 0. The molecule has 2 nitrogen and oxygen atoms in total. The van der Waals surface area contributed by atoms with E-state index in [1.54, 1.807) is 0 Å². The molecule has 0 N–H and O–H groups in total. The van der Waals surface area contributed by atoms with E-state index >= 15 is 0 Å². The van der Waals surface area contributed by atoms with E-state index in [9.17, 15) is 4.79 Å². The largest absolute Gasteiger partial charge is 0.315 e. The van der Waals surface area contributed by atoms with Crippen molar-refractivity contribution in [1.82, 2.24) is 4.57 Å². The predicted molar refractivity (Wildman–Crippen MR) is 65.6 cm³/mol. The molecule has 1 aromatic heterocycles. The molecule has 0 aromatic carbocycles. The van der Waals surface area contributed by atoms with E-state index in [1.165, 1.54) is 17.7 Å². The van der Waals surface area contributed by atoms with Gasteiger partial charge >= 0.3 is 0 Å². The van der Waals surface area contributed by atoms with Crippen LogP contribution in [-0.4, -0.2) is 4.57 Å². The van der Waals surface area contributed by atoms with Crippen LogP contribution in [0.25, 0.3) is 0 Å². The maximum absolute atomic E-state index is 11.7. The third-order valence-corrected chi connectivity index (χ3v) is 3.80. The topological polar surface area (TPSA) is 22.0 Å². The Labute approximate surface area is 97.5 Å². The van der Waals surface area contributed by atoms with Crippen LogP contribution in [0, 0.1) is 9.49 Å². The SMILES string of the molecule is CC1CCc2c(cc(I)c(=O)n2C)C1. The van der Waals surface area contributed by atoms with Crippen molar-refractivity contribution in [3.63, 3.8) is 0 Å². The van der Waals surface area contributed by atoms with Gasteiger partial charge in [0.1, 0.15) is 0 Å². The molecule has 0 bridgehead atoms. The number of hydrogen-bond donors (Lipinski definition) is 0. The van der Waals surface area contributed by atoms with E-state index in [-0.39, 0.29) is 5.56 Å². The van der Waals surface area contributed by atoms with Crippen LogP contribution < -0.4 is 5.56 Å². The summed E-state index contributed by atoms with van der Waals surface area (Å²) in [7, 11) is 1.89. The van der Waals surface area contributed by atoms with Gasteiger partial charge in [-0.3, -0.25) is 4.79 Å². The fourth-order valence-corrected chi connectivity index (χ4v) is 2.90. The highest BCUT2D eigenvalue weighted by Crippen LogP contribution is 2.24. The highest BCUT2D eigenvalue weighted by molar-refractivity contribution is 14.1. The molecule has 14 heavy (non-hydrogen) atoms. The molecule has 0 amide bonds. The smallest absolute Gasteiger partial charge is 0.263 e. The maximum Gasteiger partial charge on any atom is 0.263 e. The molecule has 2 rings (SSSR count). The van der Waals surface area contributed by atoms with E-state index in [4.69, 9.17) is 0 Å². The molecule has 1 heterocycles. The summed E-state index contributed by atoms with van der Waals surface area (Å²) in [5, 5.41) is 0. The molecule has 1 aliphatic carbocycles. The molecule has 76 valence electrons. The molecule has 0 fully saturated rings. The molecule has 0 saturated carbocycles. The van der Waals surface area contributed by atoms with Crippen LogP contribution >= 0.6 is 22.6 Å². The van der Waals surface area contributed by atoms with E-state index in [0.717, 1.165) is 22.3 Å². The molecule has 1 unspecified atom stereocenters. The van der Waals surface area contributed by atoms with Crippen LogP contribution in [0.15, 0.2) is 10.9 Å².